The summed E-state index contributed by atoms with van der Waals surface area (Å²) in [6.07, 6.45) is 2.45. The van der Waals surface area contributed by atoms with Crippen molar-refractivity contribution in [3.05, 3.63) is 34.3 Å². The molecule has 0 aliphatic carbocycles. The molecule has 0 spiro atoms. The molecule has 0 radical (unpaired) electrons. The van der Waals surface area contributed by atoms with Crippen molar-refractivity contribution in [3.63, 3.8) is 0 Å². The first kappa shape index (κ1) is 9.33. The fourth-order valence-electron chi connectivity index (χ4n) is 1.10. The average molecular weight is 186 g/mol. The minimum absolute atomic E-state index is 0.225. The summed E-state index contributed by atoms with van der Waals surface area (Å²) in [6, 6.07) is 3.52. The van der Waals surface area contributed by atoms with E-state index in [9.17, 15) is 5.21 Å². The minimum atomic E-state index is 0.225. The Morgan fingerprint density at radius 2 is 2.17 bits per heavy atom. The molecule has 0 saturated carbocycles. The van der Waals surface area contributed by atoms with E-state index in [1.165, 1.54) is 6.20 Å². The monoisotopic (exact) mass is 185 g/mol. The van der Waals surface area contributed by atoms with Crippen molar-refractivity contribution in [3.8, 4) is 0 Å². The van der Waals surface area contributed by atoms with Crippen LogP contribution in [0.2, 0.25) is 5.15 Å². The van der Waals surface area contributed by atoms with Gasteiger partial charge in [-0.05, 0) is 30.0 Å². The van der Waals surface area contributed by atoms with Gasteiger partial charge in [-0.3, -0.25) is 0 Å². The SMILES string of the molecule is CC(C)Cc1ccc(Cl)[n+]([O-])c1. The summed E-state index contributed by atoms with van der Waals surface area (Å²) in [5, 5.41) is 11.2. The first-order valence-corrected chi connectivity index (χ1v) is 4.35. The van der Waals surface area contributed by atoms with E-state index in [2.05, 4.69) is 13.8 Å². The van der Waals surface area contributed by atoms with Crippen LogP contribution in [0.15, 0.2) is 18.3 Å². The van der Waals surface area contributed by atoms with Gasteiger partial charge in [0.05, 0.1) is 0 Å². The van der Waals surface area contributed by atoms with Gasteiger partial charge in [0.2, 0.25) is 0 Å². The van der Waals surface area contributed by atoms with Crippen molar-refractivity contribution in [2.24, 2.45) is 5.92 Å². The maximum atomic E-state index is 11.0. The number of halogens is 1. The van der Waals surface area contributed by atoms with E-state index in [0.29, 0.717) is 10.6 Å². The van der Waals surface area contributed by atoms with Crippen LogP contribution in [-0.4, -0.2) is 0 Å². The number of pyridine rings is 1. The third kappa shape index (κ3) is 2.38. The van der Waals surface area contributed by atoms with Gasteiger partial charge in [-0.25, -0.2) is 0 Å². The first-order valence-electron chi connectivity index (χ1n) is 3.97. The molecule has 0 unspecified atom stereocenters. The molecule has 1 heterocycles. The van der Waals surface area contributed by atoms with Gasteiger partial charge in [-0.15, -0.1) is 0 Å². The van der Waals surface area contributed by atoms with E-state index in [-0.39, 0.29) is 5.15 Å². The fraction of sp³-hybridized carbons (Fsp3) is 0.444. The second-order valence-electron chi connectivity index (χ2n) is 3.28. The highest BCUT2D eigenvalue weighted by atomic mass is 35.5. The Labute approximate surface area is 77.4 Å². The Bertz CT molecular complexity index is 273. The van der Waals surface area contributed by atoms with Gasteiger partial charge < -0.3 is 5.21 Å². The third-order valence-corrected chi connectivity index (χ3v) is 1.87. The Balaban J connectivity index is 2.82. The molecule has 12 heavy (non-hydrogen) atoms. The normalized spacial score (nSPS) is 10.7. The average Bonchev–Trinajstić information content (AvgIpc) is 1.96. The van der Waals surface area contributed by atoms with Gasteiger partial charge in [0.25, 0.3) is 5.15 Å². The van der Waals surface area contributed by atoms with E-state index in [0.717, 1.165) is 12.0 Å². The predicted molar refractivity (Wildman–Crippen MR) is 49.0 cm³/mol. The lowest BCUT2D eigenvalue weighted by atomic mass is 10.1. The van der Waals surface area contributed by atoms with Crippen LogP contribution in [0.25, 0.3) is 0 Å². The van der Waals surface area contributed by atoms with E-state index < -0.39 is 0 Å². The lowest BCUT2D eigenvalue weighted by Gasteiger charge is -2.04. The first-order chi connectivity index (χ1) is 5.59. The quantitative estimate of drug-likeness (QED) is 0.394. The molecule has 0 aromatic carbocycles. The highest BCUT2D eigenvalue weighted by Crippen LogP contribution is 2.08. The van der Waals surface area contributed by atoms with Gasteiger partial charge >= 0.3 is 0 Å². The van der Waals surface area contributed by atoms with Crippen LogP contribution in [0.5, 0.6) is 0 Å². The summed E-state index contributed by atoms with van der Waals surface area (Å²) in [5.74, 6) is 0.561. The second kappa shape index (κ2) is 3.76. The topological polar surface area (TPSA) is 26.9 Å². The van der Waals surface area contributed by atoms with Crippen molar-refractivity contribution in [2.45, 2.75) is 20.3 Å². The van der Waals surface area contributed by atoms with Crippen molar-refractivity contribution < 1.29 is 4.73 Å². The molecule has 1 aromatic heterocycles. The minimum Gasteiger partial charge on any atom is -0.618 e. The predicted octanol–water partition coefficient (Wildman–Crippen LogP) is 2.17. The largest absolute Gasteiger partial charge is 0.618 e. The van der Waals surface area contributed by atoms with Gasteiger partial charge in [-0.2, -0.15) is 4.73 Å². The molecule has 0 fully saturated rings. The molecule has 2 nitrogen and oxygen atoms in total. The Morgan fingerprint density at radius 1 is 1.50 bits per heavy atom. The van der Waals surface area contributed by atoms with Crippen molar-refractivity contribution >= 4 is 11.6 Å². The van der Waals surface area contributed by atoms with Crippen molar-refractivity contribution in [1.82, 2.24) is 0 Å². The standard InChI is InChI=1S/C9H12ClNO/c1-7(2)5-8-3-4-9(10)11(12)6-8/h3-4,6-7H,5H2,1-2H3. The van der Waals surface area contributed by atoms with Crippen molar-refractivity contribution in [1.29, 1.82) is 0 Å². The molecule has 0 aliphatic heterocycles. The molecule has 0 saturated heterocycles. The zero-order valence-electron chi connectivity index (χ0n) is 7.25. The molecule has 0 bridgehead atoms. The highest BCUT2D eigenvalue weighted by molar-refractivity contribution is 6.28. The number of aromatic nitrogens is 1. The van der Waals surface area contributed by atoms with Crippen LogP contribution in [0.1, 0.15) is 19.4 Å². The molecule has 66 valence electrons. The van der Waals surface area contributed by atoms with Crippen molar-refractivity contribution in [2.75, 3.05) is 0 Å². The number of rotatable bonds is 2. The maximum Gasteiger partial charge on any atom is 0.286 e. The third-order valence-electron chi connectivity index (χ3n) is 1.57. The summed E-state index contributed by atoms with van der Waals surface area (Å²) in [5.41, 5.74) is 1.03. The number of hydrogen-bond acceptors (Lipinski definition) is 1. The molecule has 1 rings (SSSR count). The molecule has 0 atom stereocenters. The van der Waals surface area contributed by atoms with E-state index in [1.807, 2.05) is 6.07 Å². The molecule has 0 amide bonds. The summed E-state index contributed by atoms with van der Waals surface area (Å²) in [4.78, 5) is 0. The molecular formula is C9H12ClNO. The van der Waals surface area contributed by atoms with Crippen LogP contribution >= 0.6 is 11.6 Å². The van der Waals surface area contributed by atoms with Crippen LogP contribution in [0.4, 0.5) is 0 Å². The summed E-state index contributed by atoms with van der Waals surface area (Å²) in [7, 11) is 0. The van der Waals surface area contributed by atoms with Crippen LogP contribution in [0.3, 0.4) is 0 Å². The van der Waals surface area contributed by atoms with Gasteiger partial charge in [0.1, 0.15) is 0 Å². The lowest BCUT2D eigenvalue weighted by Crippen LogP contribution is -2.27. The summed E-state index contributed by atoms with van der Waals surface area (Å²) < 4.78 is 0.694. The van der Waals surface area contributed by atoms with Gasteiger partial charge in [0, 0.05) is 11.6 Å². The Kier molecular flexibility index (Phi) is 2.93. The van der Waals surface area contributed by atoms with E-state index in [1.54, 1.807) is 6.07 Å². The Morgan fingerprint density at radius 3 is 2.67 bits per heavy atom. The molecule has 0 aliphatic rings. The molecule has 3 heteroatoms. The zero-order valence-corrected chi connectivity index (χ0v) is 8.01. The maximum absolute atomic E-state index is 11.0. The molecule has 1 aromatic rings. The van der Waals surface area contributed by atoms with Crippen LogP contribution in [-0.2, 0) is 6.42 Å². The number of nitrogens with zero attached hydrogens (tertiary/aromatic N) is 1. The highest BCUT2D eigenvalue weighted by Gasteiger charge is 2.04. The van der Waals surface area contributed by atoms with E-state index >= 15 is 0 Å². The summed E-state index contributed by atoms with van der Waals surface area (Å²) in [6.45, 7) is 4.23. The molecule has 0 N–H and O–H groups in total. The zero-order chi connectivity index (χ0) is 9.14. The smallest absolute Gasteiger partial charge is 0.286 e. The number of hydrogen-bond donors (Lipinski definition) is 0. The van der Waals surface area contributed by atoms with Crippen LogP contribution in [0, 0.1) is 11.1 Å². The van der Waals surface area contributed by atoms with Gasteiger partial charge in [-0.1, -0.05) is 13.8 Å². The Hall–Kier alpha value is -0.760. The fourth-order valence-corrected chi connectivity index (χ4v) is 1.21. The summed E-state index contributed by atoms with van der Waals surface area (Å²) >= 11 is 5.57. The molecular weight excluding hydrogens is 174 g/mol. The lowest BCUT2D eigenvalue weighted by molar-refractivity contribution is -0.603. The van der Waals surface area contributed by atoms with E-state index in [4.69, 9.17) is 11.6 Å². The second-order valence-corrected chi connectivity index (χ2v) is 3.67. The van der Waals surface area contributed by atoms with Gasteiger partial charge in [0.15, 0.2) is 6.20 Å². The van der Waals surface area contributed by atoms with Crippen LogP contribution < -0.4 is 4.73 Å².